The zero-order chi connectivity index (χ0) is 22.7. The number of pyridine rings is 1. The van der Waals surface area contributed by atoms with Crippen molar-refractivity contribution in [3.05, 3.63) is 83.6 Å². The summed E-state index contributed by atoms with van der Waals surface area (Å²) in [5.74, 6) is -0.299. The van der Waals surface area contributed by atoms with E-state index in [4.69, 9.17) is 4.74 Å². The molecule has 0 saturated carbocycles. The van der Waals surface area contributed by atoms with E-state index in [1.54, 1.807) is 36.5 Å². The molecule has 1 aliphatic heterocycles. The van der Waals surface area contributed by atoms with E-state index in [1.807, 2.05) is 6.07 Å². The third-order valence-corrected chi connectivity index (χ3v) is 5.05. The van der Waals surface area contributed by atoms with E-state index in [2.05, 4.69) is 10.3 Å². The molecule has 1 aromatic heterocycles. The fourth-order valence-corrected chi connectivity index (χ4v) is 3.55. The predicted molar refractivity (Wildman–Crippen MR) is 114 cm³/mol. The van der Waals surface area contributed by atoms with E-state index in [9.17, 15) is 23.1 Å². The first kappa shape index (κ1) is 21.6. The minimum atomic E-state index is -4.47. The highest BCUT2D eigenvalue weighted by molar-refractivity contribution is 6.04. The molecular formula is C24H19F3N2O3. The zero-order valence-electron chi connectivity index (χ0n) is 16.8. The number of carbonyl (C=O) groups excluding carboxylic acids is 1. The third-order valence-electron chi connectivity index (χ3n) is 5.05. The number of carbonyl (C=O) groups is 1. The van der Waals surface area contributed by atoms with E-state index >= 15 is 0 Å². The van der Waals surface area contributed by atoms with Crippen molar-refractivity contribution in [3.63, 3.8) is 0 Å². The Labute approximate surface area is 182 Å². The standard InChI is InChI=1S/C24H19F3N2O3/c25-24(26,27)18-6-7-20-15(8-10-32-21(20)13-18)12-22(31)29-19-5-1-3-16(11-19)23-17(14-30)4-2-9-28-23/h1-7,9,11-13,30H,8,10,14H2,(H,29,31). The number of fused-ring (bicyclic) bond motifs is 1. The number of aliphatic hydroxyl groups is 1. The Bertz CT molecular complexity index is 1190. The molecule has 0 radical (unpaired) electrons. The highest BCUT2D eigenvalue weighted by Gasteiger charge is 2.32. The Morgan fingerprint density at radius 2 is 2.00 bits per heavy atom. The summed E-state index contributed by atoms with van der Waals surface area (Å²) in [5, 5.41) is 12.3. The van der Waals surface area contributed by atoms with Gasteiger partial charge >= 0.3 is 6.18 Å². The fourth-order valence-electron chi connectivity index (χ4n) is 3.55. The maximum atomic E-state index is 13.0. The molecule has 164 valence electrons. The molecule has 32 heavy (non-hydrogen) atoms. The summed E-state index contributed by atoms with van der Waals surface area (Å²) in [4.78, 5) is 16.9. The van der Waals surface area contributed by atoms with Gasteiger partial charge in [0.2, 0.25) is 5.91 Å². The Morgan fingerprint density at radius 1 is 1.16 bits per heavy atom. The van der Waals surface area contributed by atoms with Gasteiger partial charge in [0.1, 0.15) is 5.75 Å². The lowest BCUT2D eigenvalue weighted by atomic mass is 9.97. The number of benzene rings is 2. The lowest BCUT2D eigenvalue weighted by molar-refractivity contribution is -0.137. The zero-order valence-corrected chi connectivity index (χ0v) is 16.8. The van der Waals surface area contributed by atoms with Crippen LogP contribution in [0.25, 0.3) is 16.8 Å². The Hall–Kier alpha value is -3.65. The minimum absolute atomic E-state index is 0.110. The molecule has 4 rings (SSSR count). The van der Waals surface area contributed by atoms with Gasteiger partial charge < -0.3 is 15.2 Å². The molecule has 2 N–H and O–H groups in total. The van der Waals surface area contributed by atoms with Crippen molar-refractivity contribution >= 4 is 17.2 Å². The molecule has 2 aromatic carbocycles. The van der Waals surface area contributed by atoms with Crippen LogP contribution >= 0.6 is 0 Å². The van der Waals surface area contributed by atoms with Crippen molar-refractivity contribution in [2.24, 2.45) is 0 Å². The summed E-state index contributed by atoms with van der Waals surface area (Å²) in [6.45, 7) is 0.0237. The van der Waals surface area contributed by atoms with Crippen LogP contribution in [0.2, 0.25) is 0 Å². The van der Waals surface area contributed by atoms with Gasteiger partial charge in [0, 0.05) is 41.1 Å². The number of nitrogens with zero attached hydrogens (tertiary/aromatic N) is 1. The van der Waals surface area contributed by atoms with E-state index < -0.39 is 17.6 Å². The molecule has 0 bridgehead atoms. The van der Waals surface area contributed by atoms with Crippen LogP contribution in [-0.4, -0.2) is 22.6 Å². The summed E-state index contributed by atoms with van der Waals surface area (Å²) in [6.07, 6.45) is -1.07. The second-order valence-electron chi connectivity index (χ2n) is 7.22. The smallest absolute Gasteiger partial charge is 0.416 e. The molecule has 1 aliphatic rings. The minimum Gasteiger partial charge on any atom is -0.493 e. The van der Waals surface area contributed by atoms with Gasteiger partial charge in [-0.15, -0.1) is 0 Å². The van der Waals surface area contributed by atoms with Crippen molar-refractivity contribution in [1.82, 2.24) is 4.98 Å². The number of alkyl halides is 3. The average molecular weight is 440 g/mol. The first-order chi connectivity index (χ1) is 15.3. The summed E-state index contributed by atoms with van der Waals surface area (Å²) >= 11 is 0. The number of aliphatic hydroxyl groups excluding tert-OH is 1. The van der Waals surface area contributed by atoms with Gasteiger partial charge in [-0.25, -0.2) is 0 Å². The number of aromatic nitrogens is 1. The molecule has 2 heterocycles. The van der Waals surface area contributed by atoms with Gasteiger partial charge in [-0.3, -0.25) is 9.78 Å². The number of amides is 1. The molecule has 1 amide bonds. The van der Waals surface area contributed by atoms with Crippen molar-refractivity contribution in [1.29, 1.82) is 0 Å². The van der Waals surface area contributed by atoms with Crippen LogP contribution in [0.3, 0.4) is 0 Å². The number of halogens is 3. The number of hydrogen-bond acceptors (Lipinski definition) is 4. The van der Waals surface area contributed by atoms with Gasteiger partial charge in [-0.2, -0.15) is 13.2 Å². The molecule has 3 aromatic rings. The van der Waals surface area contributed by atoms with Gasteiger partial charge in [0.15, 0.2) is 0 Å². The van der Waals surface area contributed by atoms with Crippen molar-refractivity contribution in [2.75, 3.05) is 11.9 Å². The van der Waals surface area contributed by atoms with E-state index in [1.165, 1.54) is 12.1 Å². The third kappa shape index (κ3) is 4.65. The number of nitrogens with one attached hydrogen (secondary N) is 1. The fraction of sp³-hybridized carbons (Fsp3) is 0.167. The first-order valence-corrected chi connectivity index (χ1v) is 9.86. The first-order valence-electron chi connectivity index (χ1n) is 9.86. The Balaban J connectivity index is 1.56. The molecule has 0 saturated heterocycles. The Morgan fingerprint density at radius 3 is 2.78 bits per heavy atom. The van der Waals surface area contributed by atoms with Crippen molar-refractivity contribution in [2.45, 2.75) is 19.2 Å². The van der Waals surface area contributed by atoms with Crippen LogP contribution in [-0.2, 0) is 17.6 Å². The molecule has 5 nitrogen and oxygen atoms in total. The molecule has 0 aliphatic carbocycles. The average Bonchev–Trinajstić information content (AvgIpc) is 2.78. The van der Waals surface area contributed by atoms with Crippen LogP contribution in [0.1, 0.15) is 23.1 Å². The van der Waals surface area contributed by atoms with Gasteiger partial charge in [0.05, 0.1) is 24.5 Å². The summed E-state index contributed by atoms with van der Waals surface area (Å²) in [7, 11) is 0. The van der Waals surface area contributed by atoms with E-state index in [-0.39, 0.29) is 19.0 Å². The lowest BCUT2D eigenvalue weighted by Crippen LogP contribution is -2.14. The summed E-state index contributed by atoms with van der Waals surface area (Å²) in [5.41, 5.74) is 2.80. The monoisotopic (exact) mass is 440 g/mol. The van der Waals surface area contributed by atoms with Crippen molar-refractivity contribution < 1.29 is 27.8 Å². The van der Waals surface area contributed by atoms with Crippen LogP contribution in [0.15, 0.2) is 66.9 Å². The second kappa shape index (κ2) is 8.84. The highest BCUT2D eigenvalue weighted by atomic mass is 19.4. The maximum Gasteiger partial charge on any atom is 0.416 e. The van der Waals surface area contributed by atoms with Crippen LogP contribution in [0.4, 0.5) is 18.9 Å². The number of hydrogen-bond donors (Lipinski definition) is 2. The molecular weight excluding hydrogens is 421 g/mol. The lowest BCUT2D eigenvalue weighted by Gasteiger charge is -2.21. The Kier molecular flexibility index (Phi) is 5.96. The number of ether oxygens (including phenoxy) is 1. The highest BCUT2D eigenvalue weighted by Crippen LogP contribution is 2.38. The number of rotatable bonds is 4. The van der Waals surface area contributed by atoms with Gasteiger partial charge in [0.25, 0.3) is 0 Å². The largest absolute Gasteiger partial charge is 0.493 e. The normalized spacial score (nSPS) is 14.6. The van der Waals surface area contributed by atoms with E-state index in [0.717, 1.165) is 17.7 Å². The summed E-state index contributed by atoms with van der Waals surface area (Å²) in [6, 6.07) is 13.8. The maximum absolute atomic E-state index is 13.0. The van der Waals surface area contributed by atoms with E-state index in [0.29, 0.717) is 34.5 Å². The molecule has 0 unspecified atom stereocenters. The molecule has 8 heteroatoms. The van der Waals surface area contributed by atoms with Gasteiger partial charge in [-0.1, -0.05) is 24.3 Å². The summed E-state index contributed by atoms with van der Waals surface area (Å²) < 4.78 is 44.2. The van der Waals surface area contributed by atoms with Crippen LogP contribution in [0.5, 0.6) is 5.75 Å². The number of anilines is 1. The SMILES string of the molecule is O=C(C=C1CCOc2cc(C(F)(F)F)ccc21)Nc1cccc(-c2ncccc2CO)c1. The molecule has 0 atom stereocenters. The quantitative estimate of drug-likeness (QED) is 0.556. The van der Waals surface area contributed by atoms with Gasteiger partial charge in [-0.05, 0) is 35.9 Å². The van der Waals surface area contributed by atoms with Crippen LogP contribution in [0, 0.1) is 0 Å². The molecule has 0 fully saturated rings. The molecule has 0 spiro atoms. The topological polar surface area (TPSA) is 71.5 Å². The van der Waals surface area contributed by atoms with Crippen LogP contribution < -0.4 is 10.1 Å². The predicted octanol–water partition coefficient (Wildman–Crippen LogP) is 5.06. The second-order valence-corrected chi connectivity index (χ2v) is 7.22. The van der Waals surface area contributed by atoms with Crippen molar-refractivity contribution in [3.8, 4) is 17.0 Å².